The Bertz CT molecular complexity index is 467. The Morgan fingerprint density at radius 2 is 2.00 bits per heavy atom. The predicted octanol–water partition coefficient (Wildman–Crippen LogP) is 1.48. The van der Waals surface area contributed by atoms with Gasteiger partial charge < -0.3 is 10.1 Å². The first-order chi connectivity index (χ1) is 8.51. The summed E-state index contributed by atoms with van der Waals surface area (Å²) in [7, 11) is 1.67. The minimum absolute atomic E-state index is 0.289. The van der Waals surface area contributed by atoms with Crippen LogP contribution in [-0.2, 0) is 16.0 Å². The first-order valence-electron chi connectivity index (χ1n) is 5.88. The van der Waals surface area contributed by atoms with Gasteiger partial charge >= 0.3 is 0 Å². The summed E-state index contributed by atoms with van der Waals surface area (Å²) < 4.78 is 5.36. The molecule has 4 nitrogen and oxygen atoms in total. The number of carbonyl (C=O) groups excluding carboxylic acids is 2. The molecule has 0 heterocycles. The average molecular weight is 249 g/mol. The van der Waals surface area contributed by atoms with Gasteiger partial charge in [0.2, 0.25) is 6.29 Å². The van der Waals surface area contributed by atoms with Gasteiger partial charge in [0, 0.05) is 6.54 Å². The van der Waals surface area contributed by atoms with Gasteiger partial charge in [-0.1, -0.05) is 6.07 Å². The second kappa shape index (κ2) is 6.19. The number of hydrogen-bond donors (Lipinski definition) is 1. The molecule has 0 unspecified atom stereocenters. The Morgan fingerprint density at radius 1 is 1.33 bits per heavy atom. The van der Waals surface area contributed by atoms with Gasteiger partial charge in [-0.05, 0) is 49.4 Å². The molecule has 0 radical (unpaired) electrons. The molecule has 1 rings (SSSR count). The molecular formula is C14H19NO3. The topological polar surface area (TPSA) is 55.4 Å². The number of benzene rings is 1. The molecular weight excluding hydrogens is 230 g/mol. The highest BCUT2D eigenvalue weighted by molar-refractivity contribution is 6.23. The van der Waals surface area contributed by atoms with Crippen molar-refractivity contribution in [2.75, 3.05) is 13.7 Å². The number of methoxy groups -OCH3 is 1. The second-order valence-electron chi connectivity index (χ2n) is 4.29. The number of aldehydes is 1. The maximum absolute atomic E-state index is 10.8. The first-order valence-corrected chi connectivity index (χ1v) is 5.88. The molecule has 1 amide bonds. The zero-order chi connectivity index (χ0) is 13.7. The van der Waals surface area contributed by atoms with E-state index >= 15 is 0 Å². The van der Waals surface area contributed by atoms with Gasteiger partial charge in [0.15, 0.2) is 0 Å². The molecule has 0 bridgehead atoms. The van der Waals surface area contributed by atoms with E-state index in [1.54, 1.807) is 7.11 Å². The van der Waals surface area contributed by atoms with Gasteiger partial charge in [-0.2, -0.15) is 0 Å². The lowest BCUT2D eigenvalue weighted by atomic mass is 9.96. The fourth-order valence-corrected chi connectivity index (χ4v) is 2.08. The molecule has 0 aliphatic heterocycles. The summed E-state index contributed by atoms with van der Waals surface area (Å²) in [5, 5.41) is 2.54. The molecule has 1 aromatic carbocycles. The smallest absolute Gasteiger partial charge is 0.284 e. The monoisotopic (exact) mass is 249 g/mol. The summed E-state index contributed by atoms with van der Waals surface area (Å²) >= 11 is 0. The molecule has 0 fully saturated rings. The van der Waals surface area contributed by atoms with Crippen molar-refractivity contribution in [2.24, 2.45) is 0 Å². The van der Waals surface area contributed by atoms with E-state index in [2.05, 4.69) is 11.4 Å². The number of hydrogen-bond acceptors (Lipinski definition) is 3. The third-order valence-corrected chi connectivity index (χ3v) is 3.14. The fraction of sp³-hybridized carbons (Fsp3) is 0.429. The van der Waals surface area contributed by atoms with Crippen molar-refractivity contribution < 1.29 is 14.3 Å². The maximum atomic E-state index is 10.8. The van der Waals surface area contributed by atoms with Crippen molar-refractivity contribution in [1.82, 2.24) is 5.32 Å². The first kappa shape index (κ1) is 14.2. The molecule has 1 N–H and O–H groups in total. The summed E-state index contributed by atoms with van der Waals surface area (Å²) in [6.45, 7) is 6.52. The number of carbonyl (C=O) groups is 2. The van der Waals surface area contributed by atoms with E-state index in [1.807, 2.05) is 20.8 Å². The van der Waals surface area contributed by atoms with Gasteiger partial charge in [-0.25, -0.2) is 0 Å². The number of nitrogens with one attached hydrogen (secondary N) is 1. The highest BCUT2D eigenvalue weighted by atomic mass is 16.5. The quantitative estimate of drug-likeness (QED) is 0.635. The van der Waals surface area contributed by atoms with Crippen molar-refractivity contribution >= 4 is 12.2 Å². The highest BCUT2D eigenvalue weighted by Crippen LogP contribution is 2.28. The van der Waals surface area contributed by atoms with Crippen LogP contribution in [0.25, 0.3) is 0 Å². The zero-order valence-corrected chi connectivity index (χ0v) is 11.3. The number of rotatable bonds is 5. The number of ether oxygens (including phenoxy) is 1. The molecule has 98 valence electrons. The van der Waals surface area contributed by atoms with E-state index in [-0.39, 0.29) is 6.29 Å². The van der Waals surface area contributed by atoms with Crippen LogP contribution in [0.2, 0.25) is 0 Å². The molecule has 1 aromatic rings. The van der Waals surface area contributed by atoms with E-state index < -0.39 is 5.91 Å². The third-order valence-electron chi connectivity index (χ3n) is 3.14. The lowest BCUT2D eigenvalue weighted by molar-refractivity contribution is -0.131. The van der Waals surface area contributed by atoms with E-state index in [0.29, 0.717) is 13.0 Å². The second-order valence-corrected chi connectivity index (χ2v) is 4.29. The third kappa shape index (κ3) is 3.09. The largest absolute Gasteiger partial charge is 0.496 e. The molecule has 4 heteroatoms. The van der Waals surface area contributed by atoms with Gasteiger partial charge in [0.1, 0.15) is 5.75 Å². The number of amides is 1. The van der Waals surface area contributed by atoms with Crippen LogP contribution in [0, 0.1) is 20.8 Å². The molecule has 0 aromatic heterocycles. The molecule has 0 saturated heterocycles. The van der Waals surface area contributed by atoms with E-state index in [0.717, 1.165) is 28.0 Å². The van der Waals surface area contributed by atoms with Crippen LogP contribution in [0.5, 0.6) is 5.75 Å². The Labute approximate surface area is 107 Å². The van der Waals surface area contributed by atoms with E-state index in [1.165, 1.54) is 0 Å². The van der Waals surface area contributed by atoms with Crippen LogP contribution < -0.4 is 10.1 Å². The molecule has 0 aliphatic carbocycles. The molecule has 0 aliphatic rings. The SMILES string of the molecule is COc1c(C)cc(CCNC(=O)C=O)c(C)c1C. The van der Waals surface area contributed by atoms with Crippen molar-refractivity contribution in [3.63, 3.8) is 0 Å². The van der Waals surface area contributed by atoms with Crippen LogP contribution in [-0.4, -0.2) is 25.8 Å². The molecule has 0 saturated carbocycles. The summed E-state index contributed by atoms with van der Waals surface area (Å²) in [5.41, 5.74) is 4.53. The zero-order valence-electron chi connectivity index (χ0n) is 11.3. The molecule has 0 spiro atoms. The minimum Gasteiger partial charge on any atom is -0.496 e. The predicted molar refractivity (Wildman–Crippen MR) is 70.0 cm³/mol. The van der Waals surface area contributed by atoms with E-state index in [4.69, 9.17) is 4.74 Å². The minimum atomic E-state index is -0.574. The van der Waals surface area contributed by atoms with Crippen LogP contribution in [0.3, 0.4) is 0 Å². The Hall–Kier alpha value is -1.84. The molecule has 0 atom stereocenters. The summed E-state index contributed by atoms with van der Waals surface area (Å²) in [4.78, 5) is 21.0. The fourth-order valence-electron chi connectivity index (χ4n) is 2.08. The summed E-state index contributed by atoms with van der Waals surface area (Å²) in [6, 6.07) is 2.06. The Balaban J connectivity index is 2.84. The van der Waals surface area contributed by atoms with Crippen molar-refractivity contribution in [3.8, 4) is 5.75 Å². The lowest BCUT2D eigenvalue weighted by Gasteiger charge is -2.15. The average Bonchev–Trinajstić information content (AvgIpc) is 2.35. The number of aryl methyl sites for hydroxylation is 1. The van der Waals surface area contributed by atoms with Crippen molar-refractivity contribution in [2.45, 2.75) is 27.2 Å². The van der Waals surface area contributed by atoms with Gasteiger partial charge in [-0.3, -0.25) is 9.59 Å². The Morgan fingerprint density at radius 3 is 2.56 bits per heavy atom. The van der Waals surface area contributed by atoms with Crippen LogP contribution in [0.4, 0.5) is 0 Å². The van der Waals surface area contributed by atoms with Gasteiger partial charge in [0.25, 0.3) is 5.91 Å². The van der Waals surface area contributed by atoms with Gasteiger partial charge in [-0.15, -0.1) is 0 Å². The van der Waals surface area contributed by atoms with Crippen molar-refractivity contribution in [3.05, 3.63) is 28.3 Å². The summed E-state index contributed by atoms with van der Waals surface area (Å²) in [6.07, 6.45) is 0.995. The summed E-state index contributed by atoms with van der Waals surface area (Å²) in [5.74, 6) is 0.336. The van der Waals surface area contributed by atoms with Crippen LogP contribution in [0.1, 0.15) is 22.3 Å². The maximum Gasteiger partial charge on any atom is 0.284 e. The molecule has 18 heavy (non-hydrogen) atoms. The van der Waals surface area contributed by atoms with Crippen molar-refractivity contribution in [1.29, 1.82) is 0 Å². The normalized spacial score (nSPS) is 10.0. The lowest BCUT2D eigenvalue weighted by Crippen LogP contribution is -2.26. The standard InChI is InChI=1S/C14H19NO3/c1-9-7-12(5-6-15-13(17)8-16)10(2)11(3)14(9)18-4/h7-8H,5-6H2,1-4H3,(H,15,17). The highest BCUT2D eigenvalue weighted by Gasteiger charge is 2.10. The van der Waals surface area contributed by atoms with Crippen LogP contribution >= 0.6 is 0 Å². The van der Waals surface area contributed by atoms with Gasteiger partial charge in [0.05, 0.1) is 7.11 Å². The van der Waals surface area contributed by atoms with Crippen LogP contribution in [0.15, 0.2) is 6.07 Å². The van der Waals surface area contributed by atoms with E-state index in [9.17, 15) is 9.59 Å². The Kier molecular flexibility index (Phi) is 4.89.